The molecular formula is C13H18ClN3O2. The first-order chi connectivity index (χ1) is 9.04. The minimum Gasteiger partial charge on any atom is -0.399 e. The molecule has 1 amide bonds. The number of benzene rings is 1. The predicted octanol–water partition coefficient (Wildman–Crippen LogP) is 1.32. The van der Waals surface area contributed by atoms with Gasteiger partial charge in [0.1, 0.15) is 0 Å². The Balaban J connectivity index is 1.89. The van der Waals surface area contributed by atoms with Crippen LogP contribution in [0.1, 0.15) is 12.8 Å². The van der Waals surface area contributed by atoms with E-state index in [1.54, 1.807) is 18.2 Å². The number of nitrogen functional groups attached to an aromatic ring is 1. The minimum absolute atomic E-state index is 0.121. The molecule has 0 unspecified atom stereocenters. The van der Waals surface area contributed by atoms with Crippen molar-refractivity contribution in [3.63, 3.8) is 0 Å². The molecule has 104 valence electrons. The Hall–Kier alpha value is -1.30. The van der Waals surface area contributed by atoms with Crippen LogP contribution in [-0.2, 0) is 4.79 Å². The molecular weight excluding hydrogens is 266 g/mol. The molecule has 1 heterocycles. The largest absolute Gasteiger partial charge is 0.399 e. The van der Waals surface area contributed by atoms with Crippen molar-refractivity contribution in [2.75, 3.05) is 30.7 Å². The molecule has 19 heavy (non-hydrogen) atoms. The zero-order valence-corrected chi connectivity index (χ0v) is 11.4. The fraction of sp³-hybridized carbons (Fsp3) is 0.462. The van der Waals surface area contributed by atoms with Crippen molar-refractivity contribution in [1.29, 1.82) is 0 Å². The summed E-state index contributed by atoms with van der Waals surface area (Å²) < 4.78 is 0. The SMILES string of the molecule is Nc1ccc(Cl)c(NC(=O)CN2CCC(O)CC2)c1. The van der Waals surface area contributed by atoms with E-state index in [-0.39, 0.29) is 12.0 Å². The van der Waals surface area contributed by atoms with Gasteiger partial charge in [0.25, 0.3) is 0 Å². The topological polar surface area (TPSA) is 78.6 Å². The van der Waals surface area contributed by atoms with Crippen LogP contribution in [0.5, 0.6) is 0 Å². The summed E-state index contributed by atoms with van der Waals surface area (Å²) in [6.45, 7) is 1.77. The Bertz CT molecular complexity index is 459. The van der Waals surface area contributed by atoms with E-state index in [9.17, 15) is 9.90 Å². The van der Waals surface area contributed by atoms with E-state index in [2.05, 4.69) is 5.32 Å². The average molecular weight is 284 g/mol. The maximum absolute atomic E-state index is 11.9. The van der Waals surface area contributed by atoms with Crippen LogP contribution in [-0.4, -0.2) is 41.7 Å². The molecule has 0 atom stereocenters. The molecule has 0 aliphatic carbocycles. The van der Waals surface area contributed by atoms with Gasteiger partial charge in [0, 0.05) is 18.8 Å². The zero-order valence-electron chi connectivity index (χ0n) is 10.6. The molecule has 2 rings (SSSR count). The molecule has 1 fully saturated rings. The molecule has 6 heteroatoms. The predicted molar refractivity (Wildman–Crippen MR) is 76.2 cm³/mol. The number of hydrogen-bond acceptors (Lipinski definition) is 4. The first-order valence-corrected chi connectivity index (χ1v) is 6.67. The number of nitrogens with two attached hydrogens (primary N) is 1. The summed E-state index contributed by atoms with van der Waals surface area (Å²) in [5.74, 6) is -0.121. The summed E-state index contributed by atoms with van der Waals surface area (Å²) >= 11 is 5.99. The van der Waals surface area contributed by atoms with Crippen LogP contribution < -0.4 is 11.1 Å². The average Bonchev–Trinajstić information content (AvgIpc) is 2.37. The zero-order chi connectivity index (χ0) is 13.8. The number of carbonyl (C=O) groups is 1. The van der Waals surface area contributed by atoms with Crippen LogP contribution in [0.3, 0.4) is 0 Å². The van der Waals surface area contributed by atoms with Gasteiger partial charge in [0.15, 0.2) is 0 Å². The molecule has 1 aliphatic heterocycles. The van der Waals surface area contributed by atoms with Crippen LogP contribution in [0.2, 0.25) is 5.02 Å². The van der Waals surface area contributed by atoms with Gasteiger partial charge in [-0.1, -0.05) is 11.6 Å². The van der Waals surface area contributed by atoms with E-state index in [1.807, 2.05) is 4.90 Å². The van der Waals surface area contributed by atoms with Crippen LogP contribution in [0, 0.1) is 0 Å². The molecule has 1 aromatic carbocycles. The first-order valence-electron chi connectivity index (χ1n) is 6.30. The van der Waals surface area contributed by atoms with Gasteiger partial charge < -0.3 is 16.2 Å². The number of likely N-dealkylation sites (tertiary alicyclic amines) is 1. The van der Waals surface area contributed by atoms with Gasteiger partial charge in [-0.2, -0.15) is 0 Å². The monoisotopic (exact) mass is 283 g/mol. The van der Waals surface area contributed by atoms with Gasteiger partial charge in [-0.15, -0.1) is 0 Å². The number of carbonyl (C=O) groups excluding carboxylic acids is 1. The van der Waals surface area contributed by atoms with Crippen molar-refractivity contribution in [1.82, 2.24) is 4.90 Å². The summed E-state index contributed by atoms with van der Waals surface area (Å²) in [6.07, 6.45) is 1.20. The Kier molecular flexibility index (Phi) is 4.63. The second-order valence-corrected chi connectivity index (χ2v) is 5.20. The number of nitrogens with one attached hydrogen (secondary N) is 1. The fourth-order valence-electron chi connectivity index (χ4n) is 2.11. The molecule has 0 aromatic heterocycles. The van der Waals surface area contributed by atoms with Crippen LogP contribution in [0.25, 0.3) is 0 Å². The molecule has 1 aliphatic rings. The number of piperidine rings is 1. The number of aliphatic hydroxyl groups is 1. The summed E-state index contributed by atoms with van der Waals surface area (Å²) in [7, 11) is 0. The van der Waals surface area contributed by atoms with Gasteiger partial charge >= 0.3 is 0 Å². The number of rotatable bonds is 3. The lowest BCUT2D eigenvalue weighted by atomic mass is 10.1. The highest BCUT2D eigenvalue weighted by atomic mass is 35.5. The van der Waals surface area contributed by atoms with Crippen molar-refractivity contribution in [2.45, 2.75) is 18.9 Å². The molecule has 1 saturated heterocycles. The molecule has 4 N–H and O–H groups in total. The third-order valence-electron chi connectivity index (χ3n) is 3.19. The van der Waals surface area contributed by atoms with E-state index in [0.29, 0.717) is 35.8 Å². The van der Waals surface area contributed by atoms with E-state index >= 15 is 0 Å². The highest BCUT2D eigenvalue weighted by molar-refractivity contribution is 6.33. The molecule has 1 aromatic rings. The van der Waals surface area contributed by atoms with Crippen molar-refractivity contribution >= 4 is 28.9 Å². The molecule has 0 saturated carbocycles. The Morgan fingerprint density at radius 3 is 2.84 bits per heavy atom. The summed E-state index contributed by atoms with van der Waals surface area (Å²) in [6, 6.07) is 4.98. The smallest absolute Gasteiger partial charge is 0.238 e. The van der Waals surface area contributed by atoms with Gasteiger partial charge in [-0.25, -0.2) is 0 Å². The number of halogens is 1. The van der Waals surface area contributed by atoms with E-state index < -0.39 is 0 Å². The normalized spacial score (nSPS) is 17.4. The maximum Gasteiger partial charge on any atom is 0.238 e. The van der Waals surface area contributed by atoms with Gasteiger partial charge in [0.2, 0.25) is 5.91 Å². The highest BCUT2D eigenvalue weighted by Crippen LogP contribution is 2.24. The first kappa shape index (κ1) is 14.1. The molecule has 5 nitrogen and oxygen atoms in total. The van der Waals surface area contributed by atoms with Gasteiger partial charge in [-0.05, 0) is 31.0 Å². The molecule has 0 spiro atoms. The van der Waals surface area contributed by atoms with E-state index in [0.717, 1.165) is 13.1 Å². The quantitative estimate of drug-likeness (QED) is 0.731. The lowest BCUT2D eigenvalue weighted by Gasteiger charge is -2.28. The third-order valence-corrected chi connectivity index (χ3v) is 3.52. The van der Waals surface area contributed by atoms with Crippen molar-refractivity contribution in [2.24, 2.45) is 0 Å². The number of nitrogens with zero attached hydrogens (tertiary/aromatic N) is 1. The summed E-state index contributed by atoms with van der Waals surface area (Å²) in [4.78, 5) is 13.9. The van der Waals surface area contributed by atoms with Crippen molar-refractivity contribution in [3.8, 4) is 0 Å². The number of anilines is 2. The summed E-state index contributed by atoms with van der Waals surface area (Å²) in [5, 5.41) is 12.6. The Morgan fingerprint density at radius 1 is 1.47 bits per heavy atom. The fourth-order valence-corrected chi connectivity index (χ4v) is 2.27. The second kappa shape index (κ2) is 6.23. The van der Waals surface area contributed by atoms with Crippen LogP contribution in [0.4, 0.5) is 11.4 Å². The van der Waals surface area contributed by atoms with Crippen LogP contribution in [0.15, 0.2) is 18.2 Å². The second-order valence-electron chi connectivity index (χ2n) is 4.79. The minimum atomic E-state index is -0.234. The maximum atomic E-state index is 11.9. The van der Waals surface area contributed by atoms with Gasteiger partial charge in [-0.3, -0.25) is 9.69 Å². The molecule has 0 bridgehead atoms. The molecule has 0 radical (unpaired) electrons. The highest BCUT2D eigenvalue weighted by Gasteiger charge is 2.19. The number of amides is 1. The van der Waals surface area contributed by atoms with E-state index in [1.165, 1.54) is 0 Å². The summed E-state index contributed by atoms with van der Waals surface area (Å²) in [5.41, 5.74) is 6.74. The van der Waals surface area contributed by atoms with E-state index in [4.69, 9.17) is 17.3 Å². The van der Waals surface area contributed by atoms with Crippen molar-refractivity contribution in [3.05, 3.63) is 23.2 Å². The number of hydrogen-bond donors (Lipinski definition) is 3. The standard InChI is InChI=1S/C13H18ClN3O2/c14-11-2-1-9(15)7-12(11)16-13(19)8-17-5-3-10(18)4-6-17/h1-2,7,10,18H,3-6,8,15H2,(H,16,19). The van der Waals surface area contributed by atoms with Crippen molar-refractivity contribution < 1.29 is 9.90 Å². The number of aliphatic hydroxyl groups excluding tert-OH is 1. The van der Waals surface area contributed by atoms with Crippen LogP contribution >= 0.6 is 11.6 Å². The lowest BCUT2D eigenvalue weighted by Crippen LogP contribution is -2.40. The third kappa shape index (κ3) is 4.09. The van der Waals surface area contributed by atoms with Gasteiger partial charge in [0.05, 0.1) is 23.4 Å². The lowest BCUT2D eigenvalue weighted by molar-refractivity contribution is -0.117. The Morgan fingerprint density at radius 2 is 2.16 bits per heavy atom. The Labute approximate surface area is 117 Å².